The largest absolute Gasteiger partial charge is 0.382 e. The molecule has 27 heavy (non-hydrogen) atoms. The molecule has 2 aromatic rings. The highest BCUT2D eigenvalue weighted by molar-refractivity contribution is 5.88. The molecule has 0 aromatic carbocycles. The van der Waals surface area contributed by atoms with E-state index in [-0.39, 0.29) is 18.1 Å². The van der Waals surface area contributed by atoms with E-state index < -0.39 is 0 Å². The second-order valence-corrected chi connectivity index (χ2v) is 7.14. The van der Waals surface area contributed by atoms with Crippen molar-refractivity contribution in [3.05, 3.63) is 24.0 Å². The number of piperidine rings is 1. The molecule has 2 unspecified atom stereocenters. The summed E-state index contributed by atoms with van der Waals surface area (Å²) >= 11 is 0. The topological polar surface area (TPSA) is 89.2 Å². The van der Waals surface area contributed by atoms with Gasteiger partial charge in [0.1, 0.15) is 5.82 Å². The lowest BCUT2D eigenvalue weighted by atomic mass is 10.1. The first kappa shape index (κ1) is 19.2. The fourth-order valence-corrected chi connectivity index (χ4v) is 3.50. The number of aryl methyl sites for hydroxylation is 2. The van der Waals surface area contributed by atoms with E-state index >= 15 is 0 Å². The summed E-state index contributed by atoms with van der Waals surface area (Å²) in [6, 6.07) is 3.84. The van der Waals surface area contributed by atoms with Crippen LogP contribution < -0.4 is 15.5 Å². The third-order valence-electron chi connectivity index (χ3n) is 4.77. The molecule has 0 aliphatic carbocycles. The molecule has 2 atom stereocenters. The van der Waals surface area contributed by atoms with Gasteiger partial charge < -0.3 is 15.0 Å². The number of carbonyl (C=O) groups is 1. The van der Waals surface area contributed by atoms with Crippen molar-refractivity contribution < 1.29 is 9.53 Å². The molecule has 2 aromatic heterocycles. The molecule has 3 heterocycles. The van der Waals surface area contributed by atoms with Crippen LogP contribution in [-0.4, -0.2) is 58.4 Å². The van der Waals surface area contributed by atoms with Gasteiger partial charge in [0.25, 0.3) is 0 Å². The zero-order chi connectivity index (χ0) is 19.4. The van der Waals surface area contributed by atoms with Gasteiger partial charge in [-0.25, -0.2) is 4.79 Å². The zero-order valence-corrected chi connectivity index (χ0v) is 16.5. The van der Waals surface area contributed by atoms with Crippen molar-refractivity contribution in [2.45, 2.75) is 38.8 Å². The van der Waals surface area contributed by atoms with Gasteiger partial charge in [-0.2, -0.15) is 10.2 Å². The van der Waals surface area contributed by atoms with Crippen LogP contribution in [-0.2, 0) is 11.8 Å². The Kier molecular flexibility index (Phi) is 6.00. The number of nitrogens with zero attached hydrogens (tertiary/aromatic N) is 5. The van der Waals surface area contributed by atoms with E-state index in [2.05, 4.69) is 31.8 Å². The highest BCUT2D eigenvalue weighted by atomic mass is 16.5. The number of aromatic nitrogens is 4. The molecule has 1 aliphatic heterocycles. The van der Waals surface area contributed by atoms with Gasteiger partial charge in [0.05, 0.1) is 18.3 Å². The van der Waals surface area contributed by atoms with E-state index in [1.807, 2.05) is 31.8 Å². The van der Waals surface area contributed by atoms with Crippen LogP contribution in [0.15, 0.2) is 18.3 Å². The van der Waals surface area contributed by atoms with Crippen molar-refractivity contribution in [3.8, 4) is 0 Å². The molecule has 1 fully saturated rings. The Labute approximate surface area is 159 Å². The minimum absolute atomic E-state index is 0.0865. The lowest BCUT2D eigenvalue weighted by molar-refractivity contribution is 0.157. The Morgan fingerprint density at radius 3 is 2.96 bits per heavy atom. The standard InChI is InChI=1S/C18H29N7O2/c1-13-10-17(23(3)21-13)24-8-5-6-15(11-24)19-18(26)20-16-7-9-25(22-16)14(2)12-27-4/h7,9-10,14-15H,5-6,8,11-12H2,1-4H3,(H2,19,20,22,26). The lowest BCUT2D eigenvalue weighted by Crippen LogP contribution is -2.49. The number of ether oxygens (including phenoxy) is 1. The van der Waals surface area contributed by atoms with Crippen LogP contribution in [0.5, 0.6) is 0 Å². The van der Waals surface area contributed by atoms with Gasteiger partial charge in [-0.3, -0.25) is 14.7 Å². The third kappa shape index (κ3) is 4.79. The van der Waals surface area contributed by atoms with Crippen LogP contribution in [0.2, 0.25) is 0 Å². The predicted octanol–water partition coefficient (Wildman–Crippen LogP) is 1.92. The second kappa shape index (κ2) is 8.43. The van der Waals surface area contributed by atoms with E-state index in [4.69, 9.17) is 4.74 Å². The van der Waals surface area contributed by atoms with Crippen molar-refractivity contribution in [3.63, 3.8) is 0 Å². The highest BCUT2D eigenvalue weighted by Gasteiger charge is 2.23. The summed E-state index contributed by atoms with van der Waals surface area (Å²) in [5.41, 5.74) is 0.999. The van der Waals surface area contributed by atoms with Crippen molar-refractivity contribution in [2.75, 3.05) is 37.0 Å². The van der Waals surface area contributed by atoms with Crippen LogP contribution in [0.3, 0.4) is 0 Å². The van der Waals surface area contributed by atoms with Crippen molar-refractivity contribution in [1.29, 1.82) is 0 Å². The highest BCUT2D eigenvalue weighted by Crippen LogP contribution is 2.20. The van der Waals surface area contributed by atoms with Crippen LogP contribution in [0.25, 0.3) is 0 Å². The number of nitrogens with one attached hydrogen (secondary N) is 2. The van der Waals surface area contributed by atoms with Gasteiger partial charge in [-0.05, 0) is 26.7 Å². The molecule has 0 bridgehead atoms. The van der Waals surface area contributed by atoms with Crippen molar-refractivity contribution >= 4 is 17.7 Å². The summed E-state index contributed by atoms with van der Waals surface area (Å²) < 4.78 is 8.81. The molecular formula is C18H29N7O2. The Balaban J connectivity index is 1.54. The smallest absolute Gasteiger partial charge is 0.320 e. The second-order valence-electron chi connectivity index (χ2n) is 7.14. The number of hydrogen-bond acceptors (Lipinski definition) is 5. The summed E-state index contributed by atoms with van der Waals surface area (Å²) in [5.74, 6) is 1.62. The number of methoxy groups -OCH3 is 1. The monoisotopic (exact) mass is 375 g/mol. The predicted molar refractivity (Wildman–Crippen MR) is 104 cm³/mol. The molecule has 2 amide bonds. The minimum Gasteiger partial charge on any atom is -0.382 e. The Bertz CT molecular complexity index is 770. The molecule has 2 N–H and O–H groups in total. The lowest BCUT2D eigenvalue weighted by Gasteiger charge is -2.34. The Morgan fingerprint density at radius 2 is 2.26 bits per heavy atom. The average molecular weight is 375 g/mol. The third-order valence-corrected chi connectivity index (χ3v) is 4.77. The first-order valence-electron chi connectivity index (χ1n) is 9.33. The summed E-state index contributed by atoms with van der Waals surface area (Å²) in [5, 5.41) is 14.7. The molecule has 0 radical (unpaired) electrons. The van der Waals surface area contributed by atoms with E-state index in [1.54, 1.807) is 17.9 Å². The molecule has 1 saturated heterocycles. The quantitative estimate of drug-likeness (QED) is 0.805. The molecule has 9 heteroatoms. The molecule has 0 saturated carbocycles. The van der Waals surface area contributed by atoms with Gasteiger partial charge in [0.2, 0.25) is 0 Å². The summed E-state index contributed by atoms with van der Waals surface area (Å²) in [6.45, 7) is 6.31. The first-order valence-corrected chi connectivity index (χ1v) is 9.33. The van der Waals surface area contributed by atoms with Crippen molar-refractivity contribution in [2.24, 2.45) is 7.05 Å². The van der Waals surface area contributed by atoms with E-state index in [9.17, 15) is 4.79 Å². The van der Waals surface area contributed by atoms with Gasteiger partial charge in [-0.1, -0.05) is 0 Å². The maximum atomic E-state index is 12.4. The molecule has 3 rings (SSSR count). The molecule has 1 aliphatic rings. The van der Waals surface area contributed by atoms with Crippen LogP contribution in [0.1, 0.15) is 31.5 Å². The Hall–Kier alpha value is -2.55. The molecule has 0 spiro atoms. The SMILES string of the molecule is COCC(C)n1ccc(NC(=O)NC2CCCN(c3cc(C)nn3C)C2)n1. The maximum Gasteiger partial charge on any atom is 0.320 e. The first-order chi connectivity index (χ1) is 13.0. The normalized spacial score (nSPS) is 18.4. The molecular weight excluding hydrogens is 346 g/mol. The van der Waals surface area contributed by atoms with Gasteiger partial charge in [0.15, 0.2) is 5.82 Å². The molecule has 9 nitrogen and oxygen atoms in total. The van der Waals surface area contributed by atoms with Crippen LogP contribution >= 0.6 is 0 Å². The maximum absolute atomic E-state index is 12.4. The van der Waals surface area contributed by atoms with E-state index in [1.165, 1.54) is 0 Å². The fraction of sp³-hybridized carbons (Fsp3) is 0.611. The zero-order valence-electron chi connectivity index (χ0n) is 16.5. The number of rotatable bonds is 6. The van der Waals surface area contributed by atoms with Crippen molar-refractivity contribution in [1.82, 2.24) is 24.9 Å². The van der Waals surface area contributed by atoms with Crippen LogP contribution in [0.4, 0.5) is 16.4 Å². The van der Waals surface area contributed by atoms with Crippen LogP contribution in [0, 0.1) is 6.92 Å². The number of hydrogen-bond donors (Lipinski definition) is 2. The summed E-state index contributed by atoms with van der Waals surface area (Å²) in [7, 11) is 3.61. The minimum atomic E-state index is -0.229. The van der Waals surface area contributed by atoms with E-state index in [0.717, 1.165) is 37.4 Å². The van der Waals surface area contributed by atoms with E-state index in [0.29, 0.717) is 12.4 Å². The fourth-order valence-electron chi connectivity index (χ4n) is 3.50. The number of amides is 2. The molecule has 148 valence electrons. The van der Waals surface area contributed by atoms with Gasteiger partial charge in [-0.15, -0.1) is 0 Å². The van der Waals surface area contributed by atoms with Gasteiger partial charge in [0, 0.05) is 51.6 Å². The number of carbonyl (C=O) groups excluding carboxylic acids is 1. The average Bonchev–Trinajstić information content (AvgIpc) is 3.21. The van der Waals surface area contributed by atoms with Gasteiger partial charge >= 0.3 is 6.03 Å². The summed E-state index contributed by atoms with van der Waals surface area (Å²) in [6.07, 6.45) is 3.82. The Morgan fingerprint density at radius 1 is 1.44 bits per heavy atom. The number of urea groups is 1. The summed E-state index contributed by atoms with van der Waals surface area (Å²) in [4.78, 5) is 14.6. The number of anilines is 2.